The molecule has 0 aromatic heterocycles. The summed E-state index contributed by atoms with van der Waals surface area (Å²) in [5.74, 6) is -0.460. The van der Waals surface area contributed by atoms with Gasteiger partial charge in [-0.1, -0.05) is 36.4 Å². The third-order valence-corrected chi connectivity index (χ3v) is 7.84. The van der Waals surface area contributed by atoms with Crippen molar-refractivity contribution in [2.45, 2.75) is 6.92 Å². The number of ketones is 1. The van der Waals surface area contributed by atoms with Gasteiger partial charge in [0.1, 0.15) is 0 Å². The summed E-state index contributed by atoms with van der Waals surface area (Å²) in [5.41, 5.74) is 6.90. The summed E-state index contributed by atoms with van der Waals surface area (Å²) in [6.45, 7) is 6.05. The van der Waals surface area contributed by atoms with Crippen LogP contribution in [0.1, 0.15) is 27.0 Å². The van der Waals surface area contributed by atoms with Crippen LogP contribution in [-0.4, -0.2) is 55.8 Å². The van der Waals surface area contributed by atoms with Crippen LogP contribution in [0.4, 0.5) is 33.2 Å². The van der Waals surface area contributed by atoms with Gasteiger partial charge in [0.25, 0.3) is 5.91 Å². The molecular formula is C35H34N6O3. The van der Waals surface area contributed by atoms with Crippen molar-refractivity contribution in [1.82, 2.24) is 4.90 Å². The SMILES string of the molecule is Cc1cccc(NC(=O)Nc2cccc(C(=O)c3ccc4c(c3)NC(=O)C4=CNc3ccc(N4CCN(C)CC4)cc3)c2)c1. The van der Waals surface area contributed by atoms with Crippen molar-refractivity contribution < 1.29 is 14.4 Å². The van der Waals surface area contributed by atoms with E-state index in [1.807, 2.05) is 43.3 Å². The lowest BCUT2D eigenvalue weighted by atomic mass is 9.99. The van der Waals surface area contributed by atoms with Crippen LogP contribution in [0.5, 0.6) is 0 Å². The number of aryl methyl sites for hydroxylation is 1. The van der Waals surface area contributed by atoms with Crippen molar-refractivity contribution in [3.05, 3.63) is 119 Å². The topological polar surface area (TPSA) is 106 Å². The van der Waals surface area contributed by atoms with Gasteiger partial charge in [-0.05, 0) is 74.1 Å². The standard InChI is InChI=1S/C35H34N6O3/c1-23-5-3-7-27(19-23)37-35(44)38-28-8-4-6-24(20-28)33(42)25-9-14-30-31(34(43)39-32(30)21-25)22-36-26-10-12-29(13-11-26)41-17-15-40(2)16-18-41/h3-14,19-22,36H,15-18H2,1-2H3,(H,39,43)(H2,37,38,44). The lowest BCUT2D eigenvalue weighted by molar-refractivity contribution is -0.110. The van der Waals surface area contributed by atoms with E-state index in [4.69, 9.17) is 0 Å². The third kappa shape index (κ3) is 6.48. The fourth-order valence-electron chi connectivity index (χ4n) is 5.39. The monoisotopic (exact) mass is 586 g/mol. The first-order valence-electron chi connectivity index (χ1n) is 14.6. The van der Waals surface area contributed by atoms with Crippen LogP contribution in [0.15, 0.2) is 97.2 Å². The van der Waals surface area contributed by atoms with Gasteiger partial charge in [-0.2, -0.15) is 0 Å². The molecule has 0 radical (unpaired) electrons. The molecule has 0 spiro atoms. The molecule has 1 fully saturated rings. The Hall–Kier alpha value is -5.41. The summed E-state index contributed by atoms with van der Waals surface area (Å²) in [5, 5.41) is 11.7. The fourth-order valence-corrected chi connectivity index (χ4v) is 5.39. The molecule has 0 saturated carbocycles. The van der Waals surface area contributed by atoms with E-state index in [1.54, 1.807) is 48.7 Å². The molecule has 4 aromatic carbocycles. The maximum Gasteiger partial charge on any atom is 0.323 e. The van der Waals surface area contributed by atoms with Crippen molar-refractivity contribution in [3.63, 3.8) is 0 Å². The highest BCUT2D eigenvalue weighted by molar-refractivity contribution is 6.32. The van der Waals surface area contributed by atoms with Gasteiger partial charge in [-0.25, -0.2) is 4.79 Å². The number of nitrogens with zero attached hydrogens (tertiary/aromatic N) is 2. The zero-order valence-electron chi connectivity index (χ0n) is 24.7. The van der Waals surface area contributed by atoms with Gasteiger partial charge in [0.05, 0.1) is 5.57 Å². The molecule has 2 aliphatic rings. The van der Waals surface area contributed by atoms with Gasteiger partial charge in [-0.3, -0.25) is 9.59 Å². The molecule has 4 N–H and O–H groups in total. The highest BCUT2D eigenvalue weighted by Crippen LogP contribution is 2.33. The molecule has 0 aliphatic carbocycles. The Labute approximate surface area is 256 Å². The second kappa shape index (κ2) is 12.4. The van der Waals surface area contributed by atoms with Gasteiger partial charge in [0, 0.05) is 77.5 Å². The molecule has 1 saturated heterocycles. The first-order chi connectivity index (χ1) is 21.3. The largest absolute Gasteiger partial charge is 0.369 e. The molecule has 222 valence electrons. The molecule has 2 aliphatic heterocycles. The maximum atomic E-state index is 13.4. The van der Waals surface area contributed by atoms with Gasteiger partial charge < -0.3 is 31.1 Å². The first kappa shape index (κ1) is 28.7. The quantitative estimate of drug-likeness (QED) is 0.156. The van der Waals surface area contributed by atoms with Crippen LogP contribution in [0.25, 0.3) is 5.57 Å². The molecule has 9 nitrogen and oxygen atoms in total. The zero-order valence-corrected chi connectivity index (χ0v) is 24.7. The average Bonchev–Trinajstić information content (AvgIpc) is 3.34. The predicted molar refractivity (Wildman–Crippen MR) is 177 cm³/mol. The van der Waals surface area contributed by atoms with Gasteiger partial charge in [-0.15, -0.1) is 0 Å². The van der Waals surface area contributed by atoms with E-state index in [0.717, 1.165) is 43.0 Å². The summed E-state index contributed by atoms with van der Waals surface area (Å²) in [4.78, 5) is 43.4. The van der Waals surface area contributed by atoms with Crippen LogP contribution in [0.2, 0.25) is 0 Å². The molecule has 0 unspecified atom stereocenters. The molecule has 4 aromatic rings. The number of nitrogens with one attached hydrogen (secondary N) is 4. The number of carbonyl (C=O) groups excluding carboxylic acids is 3. The normalized spacial score (nSPS) is 15.5. The number of piperazine rings is 1. The maximum absolute atomic E-state index is 13.4. The summed E-state index contributed by atoms with van der Waals surface area (Å²) in [7, 11) is 2.14. The Kier molecular flexibility index (Phi) is 8.12. The minimum Gasteiger partial charge on any atom is -0.369 e. The number of rotatable bonds is 7. The van der Waals surface area contributed by atoms with Gasteiger partial charge in [0.2, 0.25) is 0 Å². The lowest BCUT2D eigenvalue weighted by Crippen LogP contribution is -2.44. The fraction of sp³-hybridized carbons (Fsp3) is 0.171. The van der Waals surface area contributed by atoms with E-state index in [2.05, 4.69) is 50.2 Å². The van der Waals surface area contributed by atoms with Gasteiger partial charge >= 0.3 is 6.03 Å². The van der Waals surface area contributed by atoms with E-state index in [1.165, 1.54) is 5.69 Å². The lowest BCUT2D eigenvalue weighted by Gasteiger charge is -2.34. The van der Waals surface area contributed by atoms with Crippen LogP contribution < -0.4 is 26.2 Å². The van der Waals surface area contributed by atoms with E-state index in [0.29, 0.717) is 33.8 Å². The average molecular weight is 587 g/mol. The Morgan fingerprint density at radius 3 is 2.18 bits per heavy atom. The number of likely N-dealkylation sites (N-methyl/N-ethyl adjacent to an activating group) is 1. The molecule has 44 heavy (non-hydrogen) atoms. The van der Waals surface area contributed by atoms with Crippen molar-refractivity contribution in [2.24, 2.45) is 0 Å². The van der Waals surface area contributed by atoms with E-state index >= 15 is 0 Å². The highest BCUT2D eigenvalue weighted by Gasteiger charge is 2.25. The van der Waals surface area contributed by atoms with Crippen LogP contribution in [0.3, 0.4) is 0 Å². The molecule has 6 rings (SSSR count). The van der Waals surface area contributed by atoms with Crippen LogP contribution in [0, 0.1) is 6.92 Å². The van der Waals surface area contributed by atoms with Crippen LogP contribution >= 0.6 is 0 Å². The Morgan fingerprint density at radius 2 is 1.45 bits per heavy atom. The molecule has 0 bridgehead atoms. The van der Waals surface area contributed by atoms with Crippen molar-refractivity contribution >= 4 is 51.7 Å². The minimum absolute atomic E-state index is 0.221. The second-order valence-electron chi connectivity index (χ2n) is 11.1. The molecular weight excluding hydrogens is 552 g/mol. The molecule has 2 heterocycles. The number of hydrogen-bond donors (Lipinski definition) is 4. The first-order valence-corrected chi connectivity index (χ1v) is 14.6. The number of anilines is 5. The number of amides is 3. The number of benzene rings is 4. The Balaban J connectivity index is 1.11. The summed E-state index contributed by atoms with van der Waals surface area (Å²) in [6, 6.07) is 27.2. The summed E-state index contributed by atoms with van der Waals surface area (Å²) < 4.78 is 0. The predicted octanol–water partition coefficient (Wildman–Crippen LogP) is 6.03. The van der Waals surface area contributed by atoms with E-state index in [-0.39, 0.29) is 11.7 Å². The minimum atomic E-state index is -0.403. The van der Waals surface area contributed by atoms with Gasteiger partial charge in [0.15, 0.2) is 5.78 Å². The number of urea groups is 1. The number of carbonyl (C=O) groups is 3. The number of hydrogen-bond acceptors (Lipinski definition) is 6. The molecule has 9 heteroatoms. The molecule has 0 atom stereocenters. The van der Waals surface area contributed by atoms with Crippen molar-refractivity contribution in [1.29, 1.82) is 0 Å². The third-order valence-electron chi connectivity index (χ3n) is 7.84. The number of fused-ring (bicyclic) bond motifs is 1. The summed E-state index contributed by atoms with van der Waals surface area (Å²) in [6.07, 6.45) is 1.70. The zero-order chi connectivity index (χ0) is 30.6. The Bertz CT molecular complexity index is 1760. The van der Waals surface area contributed by atoms with E-state index in [9.17, 15) is 14.4 Å². The van der Waals surface area contributed by atoms with E-state index < -0.39 is 6.03 Å². The van der Waals surface area contributed by atoms with Crippen LogP contribution in [-0.2, 0) is 4.79 Å². The van der Waals surface area contributed by atoms with Crippen molar-refractivity contribution in [2.75, 3.05) is 59.4 Å². The smallest absolute Gasteiger partial charge is 0.323 e. The molecule has 3 amide bonds. The second-order valence-corrected chi connectivity index (χ2v) is 11.1. The van der Waals surface area contributed by atoms with Crippen molar-refractivity contribution in [3.8, 4) is 0 Å². The highest BCUT2D eigenvalue weighted by atomic mass is 16.2. The Morgan fingerprint density at radius 1 is 0.773 bits per heavy atom. The summed E-state index contributed by atoms with van der Waals surface area (Å²) >= 11 is 0.